The number of hydrogen-bond acceptors (Lipinski definition) is 5. The second-order valence-electron chi connectivity index (χ2n) is 3.40. The summed E-state index contributed by atoms with van der Waals surface area (Å²) in [5, 5.41) is 12.3. The van der Waals surface area contributed by atoms with Crippen LogP contribution in [0.15, 0.2) is 24.5 Å². The van der Waals surface area contributed by atoms with Crippen LogP contribution in [0.4, 0.5) is 0 Å². The summed E-state index contributed by atoms with van der Waals surface area (Å²) in [6.45, 7) is 0. The van der Waals surface area contributed by atoms with Crippen LogP contribution in [0.2, 0.25) is 5.02 Å². The van der Waals surface area contributed by atoms with Crippen LogP contribution >= 0.6 is 11.6 Å². The summed E-state index contributed by atoms with van der Waals surface area (Å²) in [6, 6.07) is 4.86. The molecule has 1 aromatic carbocycles. The van der Waals surface area contributed by atoms with Crippen LogP contribution in [0.1, 0.15) is 10.4 Å². The first-order valence-corrected chi connectivity index (χ1v) is 5.36. The summed E-state index contributed by atoms with van der Waals surface area (Å²) in [4.78, 5) is 17.0. The number of tetrazole rings is 1. The van der Waals surface area contributed by atoms with E-state index in [4.69, 9.17) is 16.4 Å². The molecule has 1 amide bonds. The average molecular weight is 268 g/mol. The molecular weight excluding hydrogens is 258 g/mol. The van der Waals surface area contributed by atoms with Crippen LogP contribution in [-0.4, -0.2) is 45.3 Å². The second kappa shape index (κ2) is 5.11. The molecule has 0 fully saturated rings. The smallest absolute Gasteiger partial charge is 0.274 e. The largest absolute Gasteiger partial charge is 0.279 e. The Balaban J connectivity index is 2.51. The van der Waals surface area contributed by atoms with Gasteiger partial charge in [0.15, 0.2) is 0 Å². The molecule has 0 aliphatic rings. The standard InChI is InChI=1S/C10H10ClN5O2/c1-15(18-2)10(17)8-5-7(11)3-4-9(8)16-6-12-13-14-16/h3-6H,1-2H3. The van der Waals surface area contributed by atoms with Crippen molar-refractivity contribution in [1.82, 2.24) is 25.3 Å². The van der Waals surface area contributed by atoms with Crippen molar-refractivity contribution >= 4 is 17.5 Å². The molecule has 0 unspecified atom stereocenters. The molecule has 0 bridgehead atoms. The first-order valence-electron chi connectivity index (χ1n) is 4.98. The number of hydrogen-bond donors (Lipinski definition) is 0. The molecule has 0 saturated carbocycles. The third kappa shape index (κ3) is 2.31. The van der Waals surface area contributed by atoms with Gasteiger partial charge in [-0.2, -0.15) is 4.68 Å². The molecular formula is C10H10ClN5O2. The highest BCUT2D eigenvalue weighted by molar-refractivity contribution is 6.31. The average Bonchev–Trinajstić information content (AvgIpc) is 2.90. The van der Waals surface area contributed by atoms with Crippen LogP contribution in [0.3, 0.4) is 0 Å². The highest BCUT2D eigenvalue weighted by Crippen LogP contribution is 2.20. The van der Waals surface area contributed by atoms with Crippen molar-refractivity contribution in [3.8, 4) is 5.69 Å². The van der Waals surface area contributed by atoms with Gasteiger partial charge in [-0.3, -0.25) is 9.63 Å². The molecule has 2 rings (SSSR count). The predicted molar refractivity (Wildman–Crippen MR) is 63.3 cm³/mol. The molecule has 0 atom stereocenters. The highest BCUT2D eigenvalue weighted by atomic mass is 35.5. The van der Waals surface area contributed by atoms with Gasteiger partial charge in [0.1, 0.15) is 6.33 Å². The zero-order valence-corrected chi connectivity index (χ0v) is 10.5. The number of carbonyl (C=O) groups excluding carboxylic acids is 1. The van der Waals surface area contributed by atoms with Gasteiger partial charge in [0.25, 0.3) is 5.91 Å². The van der Waals surface area contributed by atoms with E-state index in [0.717, 1.165) is 5.06 Å². The third-order valence-electron chi connectivity index (χ3n) is 2.34. The summed E-state index contributed by atoms with van der Waals surface area (Å²) >= 11 is 5.90. The Kier molecular flexibility index (Phi) is 3.54. The van der Waals surface area contributed by atoms with E-state index in [0.29, 0.717) is 16.3 Å². The molecule has 94 valence electrons. The van der Waals surface area contributed by atoms with Crippen molar-refractivity contribution in [2.24, 2.45) is 0 Å². The topological polar surface area (TPSA) is 73.1 Å². The molecule has 2 aromatic rings. The van der Waals surface area contributed by atoms with Crippen LogP contribution < -0.4 is 0 Å². The fourth-order valence-corrected chi connectivity index (χ4v) is 1.58. The summed E-state index contributed by atoms with van der Waals surface area (Å²) in [5.41, 5.74) is 0.873. The van der Waals surface area contributed by atoms with Crippen molar-refractivity contribution in [2.75, 3.05) is 14.2 Å². The number of carbonyl (C=O) groups is 1. The van der Waals surface area contributed by atoms with E-state index in [2.05, 4.69) is 15.5 Å². The highest BCUT2D eigenvalue weighted by Gasteiger charge is 2.18. The van der Waals surface area contributed by atoms with Crippen molar-refractivity contribution < 1.29 is 9.63 Å². The number of halogens is 1. The van der Waals surface area contributed by atoms with Crippen molar-refractivity contribution in [2.45, 2.75) is 0 Å². The Labute approximate surface area is 108 Å². The maximum atomic E-state index is 12.1. The normalized spacial score (nSPS) is 10.4. The maximum absolute atomic E-state index is 12.1. The first-order chi connectivity index (χ1) is 8.63. The van der Waals surface area contributed by atoms with E-state index in [-0.39, 0.29) is 5.91 Å². The van der Waals surface area contributed by atoms with Gasteiger partial charge in [0, 0.05) is 12.1 Å². The van der Waals surface area contributed by atoms with Gasteiger partial charge in [-0.1, -0.05) is 11.6 Å². The number of rotatable bonds is 3. The Hall–Kier alpha value is -1.99. The monoisotopic (exact) mass is 267 g/mol. The van der Waals surface area contributed by atoms with E-state index >= 15 is 0 Å². The van der Waals surface area contributed by atoms with E-state index in [1.165, 1.54) is 31.2 Å². The zero-order valence-electron chi connectivity index (χ0n) is 9.74. The Morgan fingerprint density at radius 3 is 2.89 bits per heavy atom. The molecule has 8 heteroatoms. The lowest BCUT2D eigenvalue weighted by Gasteiger charge is -2.15. The number of hydroxylamine groups is 2. The van der Waals surface area contributed by atoms with Crippen LogP contribution in [0, 0.1) is 0 Å². The van der Waals surface area contributed by atoms with Crippen LogP contribution in [0.25, 0.3) is 5.69 Å². The van der Waals surface area contributed by atoms with E-state index in [9.17, 15) is 4.79 Å². The lowest BCUT2D eigenvalue weighted by molar-refractivity contribution is -0.0757. The van der Waals surface area contributed by atoms with Gasteiger partial charge >= 0.3 is 0 Å². The number of nitrogens with zero attached hydrogens (tertiary/aromatic N) is 5. The molecule has 0 N–H and O–H groups in total. The molecule has 7 nitrogen and oxygen atoms in total. The quantitative estimate of drug-likeness (QED) is 0.774. The molecule has 0 aliphatic carbocycles. The summed E-state index contributed by atoms with van der Waals surface area (Å²) in [6.07, 6.45) is 1.40. The number of benzene rings is 1. The minimum atomic E-state index is -0.342. The lowest BCUT2D eigenvalue weighted by atomic mass is 10.1. The lowest BCUT2D eigenvalue weighted by Crippen LogP contribution is -2.26. The van der Waals surface area contributed by atoms with Crippen molar-refractivity contribution in [3.63, 3.8) is 0 Å². The van der Waals surface area contributed by atoms with Crippen LogP contribution in [0.5, 0.6) is 0 Å². The summed E-state index contributed by atoms with van der Waals surface area (Å²) in [7, 11) is 2.91. The SMILES string of the molecule is CON(C)C(=O)c1cc(Cl)ccc1-n1cnnn1. The summed E-state index contributed by atoms with van der Waals surface area (Å²) in [5.74, 6) is -0.342. The molecule has 0 spiro atoms. The molecule has 18 heavy (non-hydrogen) atoms. The van der Waals surface area contributed by atoms with E-state index in [1.54, 1.807) is 12.1 Å². The summed E-state index contributed by atoms with van der Waals surface area (Å²) < 4.78 is 1.38. The fraction of sp³-hybridized carbons (Fsp3) is 0.200. The Morgan fingerprint density at radius 1 is 1.50 bits per heavy atom. The minimum Gasteiger partial charge on any atom is -0.274 e. The van der Waals surface area contributed by atoms with Gasteiger partial charge in [0.2, 0.25) is 0 Å². The minimum absolute atomic E-state index is 0.342. The molecule has 1 aromatic heterocycles. The molecule has 0 aliphatic heterocycles. The van der Waals surface area contributed by atoms with E-state index in [1.807, 2.05) is 0 Å². The molecule has 0 saturated heterocycles. The van der Waals surface area contributed by atoms with Crippen LogP contribution in [-0.2, 0) is 4.84 Å². The van der Waals surface area contributed by atoms with Gasteiger partial charge in [0.05, 0.1) is 18.4 Å². The maximum Gasteiger partial charge on any atom is 0.279 e. The zero-order chi connectivity index (χ0) is 13.1. The fourth-order valence-electron chi connectivity index (χ4n) is 1.40. The number of aromatic nitrogens is 4. The predicted octanol–water partition coefficient (Wildman–Crippen LogP) is 0.949. The second-order valence-corrected chi connectivity index (χ2v) is 3.84. The van der Waals surface area contributed by atoms with Gasteiger partial charge in [-0.05, 0) is 28.6 Å². The Morgan fingerprint density at radius 2 is 2.28 bits per heavy atom. The van der Waals surface area contributed by atoms with Gasteiger partial charge in [-0.25, -0.2) is 5.06 Å². The molecule has 1 heterocycles. The van der Waals surface area contributed by atoms with E-state index < -0.39 is 0 Å². The Bertz CT molecular complexity index is 557. The van der Waals surface area contributed by atoms with Gasteiger partial charge < -0.3 is 0 Å². The van der Waals surface area contributed by atoms with Crippen molar-refractivity contribution in [1.29, 1.82) is 0 Å². The third-order valence-corrected chi connectivity index (χ3v) is 2.58. The van der Waals surface area contributed by atoms with Gasteiger partial charge in [-0.15, -0.1) is 5.10 Å². The number of amides is 1. The first kappa shape index (κ1) is 12.5. The van der Waals surface area contributed by atoms with Crippen molar-refractivity contribution in [3.05, 3.63) is 35.1 Å². The molecule has 0 radical (unpaired) electrons.